The van der Waals surface area contributed by atoms with Crippen molar-refractivity contribution in [2.24, 2.45) is 0 Å². The molecule has 0 aromatic heterocycles. The van der Waals surface area contributed by atoms with E-state index in [1.165, 1.54) is 5.56 Å². The van der Waals surface area contributed by atoms with Crippen LogP contribution in [0.25, 0.3) is 0 Å². The summed E-state index contributed by atoms with van der Waals surface area (Å²) < 4.78 is 5.07. The Morgan fingerprint density at radius 3 is 2.81 bits per heavy atom. The lowest BCUT2D eigenvalue weighted by Crippen LogP contribution is -2.47. The Bertz CT molecular complexity index is 791. The maximum atomic E-state index is 12.2. The number of methoxy groups -OCH3 is 1. The number of aryl methyl sites for hydroxylation is 1. The van der Waals surface area contributed by atoms with E-state index in [1.807, 2.05) is 29.2 Å². The number of amides is 2. The number of nitrogens with one attached hydrogen (secondary N) is 2. The maximum Gasteiger partial charge on any atom is 0.269 e. The molecule has 6 nitrogen and oxygen atoms in total. The molecule has 3 rings (SSSR count). The zero-order valence-electron chi connectivity index (χ0n) is 14.8. The number of rotatable bonds is 5. The minimum absolute atomic E-state index is 0.209. The van der Waals surface area contributed by atoms with Crippen LogP contribution in [-0.4, -0.2) is 32.0 Å². The van der Waals surface area contributed by atoms with E-state index in [-0.39, 0.29) is 18.4 Å². The molecule has 0 aliphatic carbocycles. The zero-order valence-corrected chi connectivity index (χ0v) is 14.8. The average molecular weight is 353 g/mol. The highest BCUT2D eigenvalue weighted by molar-refractivity contribution is 5.95. The molecular formula is C20H23N3O3. The van der Waals surface area contributed by atoms with Gasteiger partial charge in [-0.05, 0) is 42.2 Å². The molecule has 1 aliphatic heterocycles. The van der Waals surface area contributed by atoms with Crippen molar-refractivity contribution in [1.29, 1.82) is 0 Å². The van der Waals surface area contributed by atoms with E-state index >= 15 is 0 Å². The van der Waals surface area contributed by atoms with E-state index in [0.29, 0.717) is 12.2 Å². The van der Waals surface area contributed by atoms with Gasteiger partial charge < -0.3 is 9.64 Å². The van der Waals surface area contributed by atoms with Crippen LogP contribution in [0.4, 0.5) is 5.69 Å². The first-order valence-electron chi connectivity index (χ1n) is 8.67. The topological polar surface area (TPSA) is 70.7 Å². The highest BCUT2D eigenvalue weighted by atomic mass is 16.5. The first-order valence-corrected chi connectivity index (χ1v) is 8.67. The molecule has 1 aliphatic rings. The Hall–Kier alpha value is -2.86. The fourth-order valence-corrected chi connectivity index (χ4v) is 3.16. The van der Waals surface area contributed by atoms with E-state index in [2.05, 4.69) is 16.9 Å². The lowest BCUT2D eigenvalue weighted by atomic mass is 10.0. The molecule has 2 N–H and O–H groups in total. The Kier molecular flexibility index (Phi) is 5.86. The van der Waals surface area contributed by atoms with E-state index in [9.17, 15) is 9.59 Å². The molecule has 2 amide bonds. The van der Waals surface area contributed by atoms with Crippen molar-refractivity contribution < 1.29 is 14.3 Å². The molecule has 1 heterocycles. The standard InChI is InChI=1S/C20H23N3O3/c1-26-14-15-6-4-8-17(12-15)20(25)22-21-19(24)13-23-11-5-9-16-7-2-3-10-18(16)23/h2-4,6-8,10,12H,5,9,11,13-14H2,1H3,(H,21,24)(H,22,25). The van der Waals surface area contributed by atoms with Gasteiger partial charge in [0.1, 0.15) is 0 Å². The smallest absolute Gasteiger partial charge is 0.269 e. The van der Waals surface area contributed by atoms with Gasteiger partial charge in [0.15, 0.2) is 0 Å². The lowest BCUT2D eigenvalue weighted by Gasteiger charge is -2.30. The number of carbonyl (C=O) groups is 2. The minimum atomic E-state index is -0.352. The Balaban J connectivity index is 1.55. The molecule has 0 atom stereocenters. The number of anilines is 1. The van der Waals surface area contributed by atoms with Crippen LogP contribution in [0.15, 0.2) is 48.5 Å². The zero-order chi connectivity index (χ0) is 18.4. The Morgan fingerprint density at radius 1 is 1.12 bits per heavy atom. The highest BCUT2D eigenvalue weighted by Gasteiger charge is 2.18. The van der Waals surface area contributed by atoms with Crippen molar-refractivity contribution in [3.05, 3.63) is 65.2 Å². The number of para-hydroxylation sites is 1. The molecule has 0 fully saturated rings. The number of hydrazine groups is 1. The first kappa shape index (κ1) is 17.9. The van der Waals surface area contributed by atoms with Crippen molar-refractivity contribution in [2.45, 2.75) is 19.4 Å². The molecule has 6 heteroatoms. The van der Waals surface area contributed by atoms with Crippen LogP contribution in [0, 0.1) is 0 Å². The predicted molar refractivity (Wildman–Crippen MR) is 99.7 cm³/mol. The molecule has 0 spiro atoms. The Morgan fingerprint density at radius 2 is 1.96 bits per heavy atom. The van der Waals surface area contributed by atoms with E-state index < -0.39 is 0 Å². The summed E-state index contributed by atoms with van der Waals surface area (Å²) in [6.45, 7) is 1.47. The summed E-state index contributed by atoms with van der Waals surface area (Å²) in [6, 6.07) is 15.2. The van der Waals surface area contributed by atoms with Crippen molar-refractivity contribution in [2.75, 3.05) is 25.1 Å². The fraction of sp³-hybridized carbons (Fsp3) is 0.300. The van der Waals surface area contributed by atoms with Gasteiger partial charge in [0.2, 0.25) is 0 Å². The second-order valence-corrected chi connectivity index (χ2v) is 6.29. The van der Waals surface area contributed by atoms with Gasteiger partial charge in [0, 0.05) is 24.9 Å². The van der Waals surface area contributed by atoms with Gasteiger partial charge in [-0.2, -0.15) is 0 Å². The molecule has 0 bridgehead atoms. The van der Waals surface area contributed by atoms with Gasteiger partial charge in [-0.1, -0.05) is 30.3 Å². The number of nitrogens with zero attached hydrogens (tertiary/aromatic N) is 1. The quantitative estimate of drug-likeness (QED) is 0.807. The van der Waals surface area contributed by atoms with Crippen LogP contribution in [0.2, 0.25) is 0 Å². The summed E-state index contributed by atoms with van der Waals surface area (Å²) in [5.74, 6) is -0.599. The molecular weight excluding hydrogens is 330 g/mol. The molecule has 2 aromatic rings. The van der Waals surface area contributed by atoms with Crippen LogP contribution in [-0.2, 0) is 22.6 Å². The normalized spacial score (nSPS) is 13.0. The molecule has 0 saturated carbocycles. The number of benzene rings is 2. The summed E-state index contributed by atoms with van der Waals surface area (Å²) in [4.78, 5) is 26.5. The van der Waals surface area contributed by atoms with Gasteiger partial charge in [-0.25, -0.2) is 0 Å². The molecule has 136 valence electrons. The Labute approximate surface area is 153 Å². The highest BCUT2D eigenvalue weighted by Crippen LogP contribution is 2.26. The number of hydrogen-bond donors (Lipinski definition) is 2. The van der Waals surface area contributed by atoms with Gasteiger partial charge >= 0.3 is 0 Å². The summed E-state index contributed by atoms with van der Waals surface area (Å²) >= 11 is 0. The lowest BCUT2D eigenvalue weighted by molar-refractivity contribution is -0.120. The van der Waals surface area contributed by atoms with Gasteiger partial charge in [-0.15, -0.1) is 0 Å². The van der Waals surface area contributed by atoms with Crippen molar-refractivity contribution >= 4 is 17.5 Å². The molecule has 26 heavy (non-hydrogen) atoms. The third-order valence-corrected chi connectivity index (χ3v) is 4.36. The summed E-state index contributed by atoms with van der Waals surface area (Å²) in [7, 11) is 1.60. The summed E-state index contributed by atoms with van der Waals surface area (Å²) in [5.41, 5.74) is 8.69. The van der Waals surface area contributed by atoms with Crippen molar-refractivity contribution in [3.63, 3.8) is 0 Å². The SMILES string of the molecule is COCc1cccc(C(=O)NNC(=O)CN2CCCc3ccccc32)c1. The third-order valence-electron chi connectivity index (χ3n) is 4.36. The van der Waals surface area contributed by atoms with Crippen LogP contribution in [0.3, 0.4) is 0 Å². The second-order valence-electron chi connectivity index (χ2n) is 6.29. The fourth-order valence-electron chi connectivity index (χ4n) is 3.16. The van der Waals surface area contributed by atoms with Crippen molar-refractivity contribution in [1.82, 2.24) is 10.9 Å². The van der Waals surface area contributed by atoms with E-state index in [4.69, 9.17) is 4.74 Å². The van der Waals surface area contributed by atoms with Crippen molar-refractivity contribution in [3.8, 4) is 0 Å². The maximum absolute atomic E-state index is 12.2. The van der Waals surface area contributed by atoms with Crippen LogP contribution >= 0.6 is 0 Å². The largest absolute Gasteiger partial charge is 0.380 e. The number of hydrogen-bond acceptors (Lipinski definition) is 4. The molecule has 0 radical (unpaired) electrons. The minimum Gasteiger partial charge on any atom is -0.380 e. The van der Waals surface area contributed by atoms with Gasteiger partial charge in [0.25, 0.3) is 11.8 Å². The average Bonchev–Trinajstić information content (AvgIpc) is 2.67. The third kappa shape index (κ3) is 4.40. The predicted octanol–water partition coefficient (Wildman–Crippen LogP) is 2.05. The van der Waals surface area contributed by atoms with Gasteiger partial charge in [-0.3, -0.25) is 20.4 Å². The molecule has 2 aromatic carbocycles. The van der Waals surface area contributed by atoms with Crippen LogP contribution in [0.1, 0.15) is 27.9 Å². The number of ether oxygens (including phenoxy) is 1. The summed E-state index contributed by atoms with van der Waals surface area (Å²) in [6.07, 6.45) is 2.05. The van der Waals surface area contributed by atoms with E-state index in [0.717, 1.165) is 30.6 Å². The van der Waals surface area contributed by atoms with Crippen LogP contribution < -0.4 is 15.8 Å². The first-order chi connectivity index (χ1) is 12.7. The monoisotopic (exact) mass is 353 g/mol. The molecule has 0 saturated heterocycles. The van der Waals surface area contributed by atoms with Crippen LogP contribution in [0.5, 0.6) is 0 Å². The summed E-state index contributed by atoms with van der Waals surface area (Å²) in [5, 5.41) is 0. The second kappa shape index (κ2) is 8.49. The van der Waals surface area contributed by atoms with E-state index in [1.54, 1.807) is 25.3 Å². The molecule has 0 unspecified atom stereocenters. The van der Waals surface area contributed by atoms with Gasteiger partial charge in [0.05, 0.1) is 13.2 Å². The number of fused-ring (bicyclic) bond motifs is 1. The number of carbonyl (C=O) groups excluding carboxylic acids is 2.